The van der Waals surface area contributed by atoms with Gasteiger partial charge in [0.1, 0.15) is 28.2 Å². The number of amides is 1. The van der Waals surface area contributed by atoms with Crippen LogP contribution < -0.4 is 20.7 Å². The Hall–Kier alpha value is -2.85. The smallest absolute Gasteiger partial charge is 0.280 e. The first kappa shape index (κ1) is 21.4. The highest BCUT2D eigenvalue weighted by Gasteiger charge is 2.19. The third kappa shape index (κ3) is 5.26. The second-order valence-electron chi connectivity index (χ2n) is 7.73. The fraction of sp³-hybridized carbons (Fsp3) is 0.429. The minimum atomic E-state index is -0.393. The summed E-state index contributed by atoms with van der Waals surface area (Å²) in [7, 11) is 0. The highest BCUT2D eigenvalue weighted by molar-refractivity contribution is 7.19. The second kappa shape index (κ2) is 9.52. The third-order valence-corrected chi connectivity index (χ3v) is 5.92. The summed E-state index contributed by atoms with van der Waals surface area (Å²) in [5.74, 6) is 0.679. The van der Waals surface area contributed by atoms with E-state index < -0.39 is 5.82 Å². The first-order valence-corrected chi connectivity index (χ1v) is 11.1. The van der Waals surface area contributed by atoms with Gasteiger partial charge in [-0.1, -0.05) is 11.3 Å². The molecule has 0 saturated carbocycles. The number of nitrogens with one attached hydrogen (secondary N) is 3. The summed E-state index contributed by atoms with van der Waals surface area (Å²) in [6, 6.07) is 4.25. The van der Waals surface area contributed by atoms with Crippen LogP contribution >= 0.6 is 11.3 Å². The lowest BCUT2D eigenvalue weighted by molar-refractivity contribution is 0.0944. The summed E-state index contributed by atoms with van der Waals surface area (Å²) in [6.07, 6.45) is 3.39. The third-order valence-electron chi connectivity index (χ3n) is 4.96. The van der Waals surface area contributed by atoms with E-state index in [1.807, 2.05) is 13.8 Å². The standard InChI is InChI=1S/C21H25FN6O2S/c1-12(2)30-16-9-14(22)3-4-15(16)27-18-17-20(26-11-25-18)31-21(28-17)19(29)24-10-13-5-7-23-8-6-13/h3-4,9,11-13,23H,5-8,10H2,1-2H3,(H,24,29)(H,25,26,27). The Labute approximate surface area is 183 Å². The Bertz CT molecular complexity index is 1070. The van der Waals surface area contributed by atoms with Gasteiger partial charge in [0.2, 0.25) is 0 Å². The largest absolute Gasteiger partial charge is 0.489 e. The van der Waals surface area contributed by atoms with E-state index >= 15 is 0 Å². The fourth-order valence-corrected chi connectivity index (χ4v) is 4.24. The van der Waals surface area contributed by atoms with Crippen molar-refractivity contribution < 1.29 is 13.9 Å². The molecule has 1 aromatic carbocycles. The molecular formula is C21H25FN6O2S. The molecule has 164 valence electrons. The first-order valence-electron chi connectivity index (χ1n) is 10.3. The molecule has 8 nitrogen and oxygen atoms in total. The quantitative estimate of drug-likeness (QED) is 0.513. The molecule has 0 spiro atoms. The van der Waals surface area contributed by atoms with E-state index in [0.29, 0.717) is 45.1 Å². The van der Waals surface area contributed by atoms with E-state index in [4.69, 9.17) is 4.74 Å². The Kier molecular flexibility index (Phi) is 6.57. The molecule has 4 rings (SSSR count). The maximum Gasteiger partial charge on any atom is 0.280 e. The van der Waals surface area contributed by atoms with Gasteiger partial charge in [0, 0.05) is 12.6 Å². The molecule has 0 atom stereocenters. The van der Waals surface area contributed by atoms with Gasteiger partial charge in [-0.2, -0.15) is 0 Å². The van der Waals surface area contributed by atoms with E-state index in [1.54, 1.807) is 6.07 Å². The van der Waals surface area contributed by atoms with Crippen LogP contribution in [0.15, 0.2) is 24.5 Å². The molecule has 0 unspecified atom stereocenters. The van der Waals surface area contributed by atoms with Crippen LogP contribution in [0.5, 0.6) is 5.75 Å². The summed E-state index contributed by atoms with van der Waals surface area (Å²) in [6.45, 7) is 6.34. The lowest BCUT2D eigenvalue weighted by Gasteiger charge is -2.22. The zero-order valence-corrected chi connectivity index (χ0v) is 18.3. The van der Waals surface area contributed by atoms with Crippen molar-refractivity contribution in [3.05, 3.63) is 35.4 Å². The predicted octanol–water partition coefficient (Wildman–Crippen LogP) is 3.49. The maximum atomic E-state index is 13.7. The van der Waals surface area contributed by atoms with Crippen LogP contribution in [-0.4, -0.2) is 46.6 Å². The van der Waals surface area contributed by atoms with Gasteiger partial charge in [-0.3, -0.25) is 4.79 Å². The number of benzene rings is 1. The number of thiazole rings is 1. The van der Waals surface area contributed by atoms with Crippen LogP contribution in [0.3, 0.4) is 0 Å². The summed E-state index contributed by atoms with van der Waals surface area (Å²) in [4.78, 5) is 26.2. The van der Waals surface area contributed by atoms with Crippen LogP contribution in [-0.2, 0) is 0 Å². The lowest BCUT2D eigenvalue weighted by Crippen LogP contribution is -2.35. The van der Waals surface area contributed by atoms with Crippen molar-refractivity contribution in [1.82, 2.24) is 25.6 Å². The predicted molar refractivity (Wildman–Crippen MR) is 119 cm³/mol. The molecule has 0 bridgehead atoms. The normalized spacial score (nSPS) is 14.7. The zero-order valence-electron chi connectivity index (χ0n) is 17.4. The van der Waals surface area contributed by atoms with Gasteiger partial charge in [0.15, 0.2) is 10.8 Å². The molecule has 3 heterocycles. The first-order chi connectivity index (χ1) is 15.0. The Morgan fingerprint density at radius 2 is 2.13 bits per heavy atom. The van der Waals surface area contributed by atoms with Crippen molar-refractivity contribution in [2.75, 3.05) is 25.0 Å². The zero-order chi connectivity index (χ0) is 21.8. The number of hydrogen-bond acceptors (Lipinski definition) is 8. The van der Waals surface area contributed by atoms with Gasteiger partial charge in [-0.25, -0.2) is 19.3 Å². The van der Waals surface area contributed by atoms with Gasteiger partial charge in [0.25, 0.3) is 5.91 Å². The SMILES string of the molecule is CC(C)Oc1cc(F)ccc1Nc1ncnc2sc(C(=O)NCC3CCNCC3)nc12. The van der Waals surface area contributed by atoms with Gasteiger partial charge in [0.05, 0.1) is 11.8 Å². The number of rotatable bonds is 7. The fourth-order valence-electron chi connectivity index (χ4n) is 3.42. The minimum absolute atomic E-state index is 0.123. The van der Waals surface area contributed by atoms with Crippen LogP contribution in [0.1, 0.15) is 36.5 Å². The minimum Gasteiger partial charge on any atom is -0.489 e. The maximum absolute atomic E-state index is 13.7. The number of nitrogens with zero attached hydrogens (tertiary/aromatic N) is 3. The molecule has 3 aromatic rings. The van der Waals surface area contributed by atoms with Gasteiger partial charge in [-0.15, -0.1) is 0 Å². The van der Waals surface area contributed by atoms with Crippen LogP contribution in [0.25, 0.3) is 10.3 Å². The van der Waals surface area contributed by atoms with Crippen LogP contribution in [0, 0.1) is 11.7 Å². The number of aromatic nitrogens is 3. The molecule has 1 saturated heterocycles. The molecule has 3 N–H and O–H groups in total. The Balaban J connectivity index is 1.53. The summed E-state index contributed by atoms with van der Waals surface area (Å²) >= 11 is 1.22. The van der Waals surface area contributed by atoms with Crippen molar-refractivity contribution in [3.63, 3.8) is 0 Å². The molecule has 1 fully saturated rings. The summed E-state index contributed by atoms with van der Waals surface area (Å²) in [5, 5.41) is 9.79. The van der Waals surface area contributed by atoms with Gasteiger partial charge < -0.3 is 20.7 Å². The van der Waals surface area contributed by atoms with E-state index in [1.165, 1.54) is 29.8 Å². The molecule has 0 aliphatic carbocycles. The number of halogens is 1. The number of hydrogen-bond donors (Lipinski definition) is 3. The van der Waals surface area contributed by atoms with E-state index in [2.05, 4.69) is 30.9 Å². The highest BCUT2D eigenvalue weighted by atomic mass is 32.1. The van der Waals surface area contributed by atoms with Crippen molar-refractivity contribution >= 4 is 39.1 Å². The monoisotopic (exact) mass is 444 g/mol. The Morgan fingerprint density at radius 1 is 1.32 bits per heavy atom. The molecule has 1 aliphatic heterocycles. The molecular weight excluding hydrogens is 419 g/mol. The number of carbonyl (C=O) groups excluding carboxylic acids is 1. The van der Waals surface area contributed by atoms with Crippen LogP contribution in [0.2, 0.25) is 0 Å². The summed E-state index contributed by atoms with van der Waals surface area (Å²) < 4.78 is 19.4. The van der Waals surface area contributed by atoms with Crippen molar-refractivity contribution in [2.45, 2.75) is 32.8 Å². The lowest BCUT2D eigenvalue weighted by atomic mass is 9.98. The molecule has 1 aliphatic rings. The molecule has 10 heteroatoms. The van der Waals surface area contributed by atoms with E-state index in [0.717, 1.165) is 25.9 Å². The highest BCUT2D eigenvalue weighted by Crippen LogP contribution is 2.32. The van der Waals surface area contributed by atoms with Gasteiger partial charge >= 0.3 is 0 Å². The molecule has 31 heavy (non-hydrogen) atoms. The summed E-state index contributed by atoms with van der Waals surface area (Å²) in [5.41, 5.74) is 1.04. The van der Waals surface area contributed by atoms with Gasteiger partial charge in [-0.05, 0) is 57.8 Å². The van der Waals surface area contributed by atoms with Crippen LogP contribution in [0.4, 0.5) is 15.9 Å². The van der Waals surface area contributed by atoms with E-state index in [-0.39, 0.29) is 12.0 Å². The van der Waals surface area contributed by atoms with Crippen molar-refractivity contribution in [3.8, 4) is 5.75 Å². The Morgan fingerprint density at radius 3 is 2.90 bits per heavy atom. The number of ether oxygens (including phenoxy) is 1. The average molecular weight is 445 g/mol. The number of piperidine rings is 1. The molecule has 0 radical (unpaired) electrons. The molecule has 2 aromatic heterocycles. The molecule has 1 amide bonds. The number of fused-ring (bicyclic) bond motifs is 1. The van der Waals surface area contributed by atoms with Crippen molar-refractivity contribution in [1.29, 1.82) is 0 Å². The number of carbonyl (C=O) groups is 1. The number of anilines is 2. The van der Waals surface area contributed by atoms with E-state index in [9.17, 15) is 9.18 Å². The topological polar surface area (TPSA) is 101 Å². The second-order valence-corrected chi connectivity index (χ2v) is 8.71. The average Bonchev–Trinajstić information content (AvgIpc) is 3.20. The van der Waals surface area contributed by atoms with Crippen molar-refractivity contribution in [2.24, 2.45) is 5.92 Å².